The van der Waals surface area contributed by atoms with E-state index >= 15 is 0 Å². The lowest BCUT2D eigenvalue weighted by atomic mass is 10.1. The second kappa shape index (κ2) is 11.3. The number of carbonyl (C=O) groups excluding carboxylic acids is 3. The summed E-state index contributed by atoms with van der Waals surface area (Å²) in [6, 6.07) is 15.1. The summed E-state index contributed by atoms with van der Waals surface area (Å²) >= 11 is 1.40. The van der Waals surface area contributed by atoms with Crippen molar-refractivity contribution < 1.29 is 19.1 Å². The number of aryl methyl sites for hydroxylation is 2. The summed E-state index contributed by atoms with van der Waals surface area (Å²) in [4.78, 5) is 35.9. The van der Waals surface area contributed by atoms with Gasteiger partial charge >= 0.3 is 5.97 Å². The molecule has 0 atom stereocenters. The van der Waals surface area contributed by atoms with E-state index < -0.39 is 5.97 Å². The molecule has 2 aromatic rings. The average molecular weight is 400 g/mol. The molecule has 2 rings (SSSR count). The quantitative estimate of drug-likeness (QED) is 0.286. The minimum Gasteiger partial charge on any atom is -0.457 e. The van der Waals surface area contributed by atoms with E-state index in [0.717, 1.165) is 28.9 Å². The van der Waals surface area contributed by atoms with E-state index in [1.165, 1.54) is 18.7 Å². The van der Waals surface area contributed by atoms with E-state index in [0.29, 0.717) is 12.1 Å². The van der Waals surface area contributed by atoms with Crippen molar-refractivity contribution in [3.8, 4) is 0 Å². The number of benzene rings is 2. The molecule has 1 amide bonds. The largest absolute Gasteiger partial charge is 0.457 e. The number of rotatable bonds is 10. The Bertz CT molecular complexity index is 818. The van der Waals surface area contributed by atoms with Crippen LogP contribution in [0.1, 0.15) is 34.8 Å². The number of hydrogen-bond donors (Lipinski definition) is 1. The maximum absolute atomic E-state index is 12.2. The maximum atomic E-state index is 12.2. The van der Waals surface area contributed by atoms with E-state index in [1.807, 2.05) is 43.3 Å². The van der Waals surface area contributed by atoms with Crippen molar-refractivity contribution in [2.45, 2.75) is 31.6 Å². The van der Waals surface area contributed by atoms with Gasteiger partial charge in [0.1, 0.15) is 0 Å². The summed E-state index contributed by atoms with van der Waals surface area (Å²) in [5, 5.41) is 2.75. The van der Waals surface area contributed by atoms with Gasteiger partial charge in [0.05, 0.1) is 5.75 Å². The van der Waals surface area contributed by atoms with Gasteiger partial charge in [-0.15, -0.1) is 11.8 Å². The Labute approximate surface area is 169 Å². The third-order valence-electron chi connectivity index (χ3n) is 4.10. The summed E-state index contributed by atoms with van der Waals surface area (Å²) in [6.07, 6.45) is 1.66. The minimum absolute atomic E-state index is 0.0344. The molecule has 0 aliphatic heterocycles. The molecule has 0 radical (unpaired) electrons. The minimum atomic E-state index is -0.406. The van der Waals surface area contributed by atoms with E-state index in [1.54, 1.807) is 12.1 Å². The van der Waals surface area contributed by atoms with Gasteiger partial charge < -0.3 is 10.1 Å². The van der Waals surface area contributed by atoms with E-state index in [4.69, 9.17) is 4.74 Å². The van der Waals surface area contributed by atoms with Crippen LogP contribution in [-0.4, -0.2) is 36.6 Å². The molecule has 0 unspecified atom stereocenters. The SMILES string of the molecule is CC(=O)NCCCc1ccc(C(=O)COC(=O)CSc2ccccc2C)cc1. The average Bonchev–Trinajstić information content (AvgIpc) is 2.69. The van der Waals surface area contributed by atoms with Crippen molar-refractivity contribution in [1.29, 1.82) is 0 Å². The predicted molar refractivity (Wildman–Crippen MR) is 111 cm³/mol. The van der Waals surface area contributed by atoms with Gasteiger partial charge in [0.2, 0.25) is 5.91 Å². The number of hydrogen-bond acceptors (Lipinski definition) is 5. The molecule has 0 bridgehead atoms. The molecule has 0 saturated carbocycles. The first kappa shape index (κ1) is 21.7. The number of nitrogens with one attached hydrogen (secondary N) is 1. The lowest BCUT2D eigenvalue weighted by molar-refractivity contribution is -0.139. The summed E-state index contributed by atoms with van der Waals surface area (Å²) < 4.78 is 5.10. The number of amides is 1. The Morgan fingerprint density at radius 3 is 2.43 bits per heavy atom. The Morgan fingerprint density at radius 2 is 1.75 bits per heavy atom. The van der Waals surface area contributed by atoms with Crippen LogP contribution in [0.15, 0.2) is 53.4 Å². The highest BCUT2D eigenvalue weighted by atomic mass is 32.2. The summed E-state index contributed by atoms with van der Waals surface area (Å²) in [7, 11) is 0. The molecule has 0 heterocycles. The molecule has 0 saturated heterocycles. The van der Waals surface area contributed by atoms with Crippen molar-refractivity contribution in [2.24, 2.45) is 0 Å². The molecule has 6 heteroatoms. The van der Waals surface area contributed by atoms with E-state index in [9.17, 15) is 14.4 Å². The van der Waals surface area contributed by atoms with Crippen LogP contribution < -0.4 is 5.32 Å². The number of ether oxygens (including phenoxy) is 1. The van der Waals surface area contributed by atoms with E-state index in [2.05, 4.69) is 5.32 Å². The fourth-order valence-corrected chi connectivity index (χ4v) is 3.37. The van der Waals surface area contributed by atoms with Gasteiger partial charge in [0.15, 0.2) is 12.4 Å². The molecule has 0 spiro atoms. The molecule has 1 N–H and O–H groups in total. The van der Waals surface area contributed by atoms with Crippen molar-refractivity contribution in [3.05, 3.63) is 65.2 Å². The molecule has 28 heavy (non-hydrogen) atoms. The second-order valence-electron chi connectivity index (χ2n) is 6.42. The Hall–Kier alpha value is -2.60. The topological polar surface area (TPSA) is 72.5 Å². The van der Waals surface area contributed by atoms with Crippen LogP contribution in [0.2, 0.25) is 0 Å². The zero-order chi connectivity index (χ0) is 20.4. The highest BCUT2D eigenvalue weighted by Gasteiger charge is 2.11. The van der Waals surface area contributed by atoms with Crippen LogP contribution in [0.25, 0.3) is 0 Å². The molecule has 0 aliphatic carbocycles. The number of carbonyl (C=O) groups is 3. The van der Waals surface area contributed by atoms with Crippen molar-refractivity contribution in [3.63, 3.8) is 0 Å². The fourth-order valence-electron chi connectivity index (χ4n) is 2.54. The Morgan fingerprint density at radius 1 is 1.04 bits per heavy atom. The number of thioether (sulfide) groups is 1. The second-order valence-corrected chi connectivity index (χ2v) is 7.44. The first-order valence-electron chi connectivity index (χ1n) is 9.16. The normalized spacial score (nSPS) is 10.4. The molecular formula is C22H25NO4S. The van der Waals surface area contributed by atoms with Crippen LogP contribution in [-0.2, 0) is 20.7 Å². The first-order chi connectivity index (χ1) is 13.5. The summed E-state index contributed by atoms with van der Waals surface area (Å²) in [6.45, 7) is 3.86. The summed E-state index contributed by atoms with van der Waals surface area (Å²) in [5.41, 5.74) is 2.71. The third-order valence-corrected chi connectivity index (χ3v) is 5.24. The lowest BCUT2D eigenvalue weighted by Gasteiger charge is -2.07. The van der Waals surface area contributed by atoms with Gasteiger partial charge in [-0.25, -0.2) is 0 Å². The van der Waals surface area contributed by atoms with E-state index in [-0.39, 0.29) is 24.1 Å². The maximum Gasteiger partial charge on any atom is 0.316 e. The highest BCUT2D eigenvalue weighted by Crippen LogP contribution is 2.21. The zero-order valence-electron chi connectivity index (χ0n) is 16.2. The van der Waals surface area contributed by atoms with Crippen molar-refractivity contribution in [2.75, 3.05) is 18.9 Å². The molecule has 5 nitrogen and oxygen atoms in total. The summed E-state index contributed by atoms with van der Waals surface area (Å²) in [5.74, 6) is -0.492. The van der Waals surface area contributed by atoms with Gasteiger partial charge in [-0.1, -0.05) is 42.5 Å². The molecule has 0 fully saturated rings. The van der Waals surface area contributed by atoms with Gasteiger partial charge in [-0.3, -0.25) is 14.4 Å². The van der Waals surface area contributed by atoms with Crippen molar-refractivity contribution in [1.82, 2.24) is 5.32 Å². The molecular weight excluding hydrogens is 374 g/mol. The monoisotopic (exact) mass is 399 g/mol. The molecule has 0 aliphatic rings. The Balaban J connectivity index is 1.72. The highest BCUT2D eigenvalue weighted by molar-refractivity contribution is 8.00. The van der Waals surface area contributed by atoms with Crippen molar-refractivity contribution >= 4 is 29.4 Å². The molecule has 148 valence electrons. The standard InChI is InChI=1S/C22H25NO4S/c1-16-6-3-4-8-21(16)28-15-22(26)27-14-20(25)19-11-9-18(10-12-19)7-5-13-23-17(2)24/h3-4,6,8-12H,5,7,13-15H2,1-2H3,(H,23,24). The van der Waals surface area contributed by atoms with Crippen LogP contribution in [0.3, 0.4) is 0 Å². The zero-order valence-corrected chi connectivity index (χ0v) is 17.0. The first-order valence-corrected chi connectivity index (χ1v) is 10.1. The predicted octanol–water partition coefficient (Wildman–Crippen LogP) is 3.58. The molecule has 0 aromatic heterocycles. The lowest BCUT2D eigenvalue weighted by Crippen LogP contribution is -2.21. The van der Waals surface area contributed by atoms with Crippen LogP contribution >= 0.6 is 11.8 Å². The number of esters is 1. The number of Topliss-reactive ketones (excluding diaryl/α,β-unsaturated/α-hetero) is 1. The molecule has 2 aromatic carbocycles. The fraction of sp³-hybridized carbons (Fsp3) is 0.318. The third kappa shape index (κ3) is 7.56. The van der Waals surface area contributed by atoms with Crippen LogP contribution in [0.4, 0.5) is 0 Å². The van der Waals surface area contributed by atoms with Gasteiger partial charge in [0.25, 0.3) is 0 Å². The smallest absolute Gasteiger partial charge is 0.316 e. The van der Waals surface area contributed by atoms with Crippen LogP contribution in [0, 0.1) is 6.92 Å². The van der Waals surface area contributed by atoms with Gasteiger partial charge in [0, 0.05) is 23.9 Å². The number of ketones is 1. The van der Waals surface area contributed by atoms with Crippen LogP contribution in [0.5, 0.6) is 0 Å². The Kier molecular flexibility index (Phi) is 8.75. The van der Waals surface area contributed by atoms with Gasteiger partial charge in [-0.2, -0.15) is 0 Å². The van der Waals surface area contributed by atoms with Gasteiger partial charge in [-0.05, 0) is 37.0 Å².